The fraction of sp³-hybridized carbons (Fsp3) is 0.357. The fourth-order valence-corrected chi connectivity index (χ4v) is 1.85. The van der Waals surface area contributed by atoms with Gasteiger partial charge in [-0.05, 0) is 37.6 Å². The molecule has 0 unspecified atom stereocenters. The van der Waals surface area contributed by atoms with Crippen LogP contribution in [0.4, 0.5) is 5.69 Å². The Kier molecular flexibility index (Phi) is 6.04. The first-order chi connectivity index (χ1) is 9.58. The highest BCUT2D eigenvalue weighted by molar-refractivity contribution is 5.79. The summed E-state index contributed by atoms with van der Waals surface area (Å²) in [4.78, 5) is 2.17. The Hall–Kier alpha value is -2.55. The monoisotopic (exact) mass is 273 g/mol. The van der Waals surface area contributed by atoms with Crippen molar-refractivity contribution in [1.29, 1.82) is 5.26 Å². The van der Waals surface area contributed by atoms with Crippen LogP contribution in [0.15, 0.2) is 23.3 Å². The number of nitrogens with two attached hydrogens (primary N) is 2. The van der Waals surface area contributed by atoms with E-state index in [0.29, 0.717) is 6.42 Å². The predicted molar refractivity (Wildman–Crippen MR) is 81.2 cm³/mol. The van der Waals surface area contributed by atoms with E-state index in [1.54, 1.807) is 6.21 Å². The van der Waals surface area contributed by atoms with Crippen molar-refractivity contribution in [2.24, 2.45) is 16.6 Å². The van der Waals surface area contributed by atoms with Crippen LogP contribution in [-0.4, -0.2) is 25.3 Å². The molecule has 0 aliphatic carbocycles. The van der Waals surface area contributed by atoms with Crippen LogP contribution >= 0.6 is 0 Å². The number of anilines is 1. The number of hydrogen-bond donors (Lipinski definition) is 3. The average Bonchev–Trinajstić information content (AvgIpc) is 2.41. The molecule has 5 N–H and O–H groups in total. The van der Waals surface area contributed by atoms with Crippen molar-refractivity contribution in [2.75, 3.05) is 18.0 Å². The van der Waals surface area contributed by atoms with Gasteiger partial charge in [-0.25, -0.2) is 0 Å². The molecule has 1 aromatic rings. The molecule has 0 heterocycles. The van der Waals surface area contributed by atoms with Gasteiger partial charge in [0.1, 0.15) is 0 Å². The average molecular weight is 273 g/mol. The van der Waals surface area contributed by atoms with Gasteiger partial charge < -0.3 is 16.4 Å². The van der Waals surface area contributed by atoms with Crippen molar-refractivity contribution in [2.45, 2.75) is 20.3 Å². The molecule has 6 nitrogen and oxygen atoms in total. The third-order valence-corrected chi connectivity index (χ3v) is 2.91. The van der Waals surface area contributed by atoms with Crippen molar-refractivity contribution < 1.29 is 5.10 Å². The van der Waals surface area contributed by atoms with E-state index in [4.69, 9.17) is 16.7 Å². The van der Waals surface area contributed by atoms with Crippen LogP contribution in [0.3, 0.4) is 0 Å². The highest BCUT2D eigenvalue weighted by Crippen LogP contribution is 2.18. The van der Waals surface area contributed by atoms with Gasteiger partial charge >= 0.3 is 0 Å². The lowest BCUT2D eigenvalue weighted by molar-refractivity contribution is -0.456. The van der Waals surface area contributed by atoms with Gasteiger partial charge in [0, 0.05) is 29.4 Å². The summed E-state index contributed by atoms with van der Waals surface area (Å²) in [5.41, 5.74) is 13.7. The molecule has 1 rings (SSSR count). The molecule has 106 valence electrons. The molecule has 0 saturated carbocycles. The highest BCUT2D eigenvalue weighted by Gasteiger charge is 2.06. The van der Waals surface area contributed by atoms with Crippen LogP contribution in [0, 0.1) is 18.3 Å². The molecule has 6 heteroatoms. The first kappa shape index (κ1) is 15.5. The minimum atomic E-state index is -0.0100. The highest BCUT2D eigenvalue weighted by atomic mass is 15.3. The molecule has 20 heavy (non-hydrogen) atoms. The normalized spacial score (nSPS) is 10.2. The van der Waals surface area contributed by atoms with Crippen molar-refractivity contribution in [3.63, 3.8) is 0 Å². The van der Waals surface area contributed by atoms with E-state index in [2.05, 4.69) is 34.2 Å². The summed E-state index contributed by atoms with van der Waals surface area (Å²) in [6.07, 6.45) is 2.26. The molecule has 1 aromatic carbocycles. The smallest absolute Gasteiger partial charge is 0.256 e. The van der Waals surface area contributed by atoms with Crippen molar-refractivity contribution >= 4 is 17.9 Å². The third kappa shape index (κ3) is 4.61. The maximum atomic E-state index is 8.68. The van der Waals surface area contributed by atoms with Crippen LogP contribution in [-0.2, 0) is 0 Å². The van der Waals surface area contributed by atoms with Gasteiger partial charge in [0.2, 0.25) is 6.21 Å². The summed E-state index contributed by atoms with van der Waals surface area (Å²) < 4.78 is 0. The molecule has 0 bridgehead atoms. The molecule has 0 radical (unpaired) electrons. The Bertz CT molecular complexity index is 537. The van der Waals surface area contributed by atoms with Crippen LogP contribution in [0.2, 0.25) is 0 Å². The summed E-state index contributed by atoms with van der Waals surface area (Å²) >= 11 is 0. The molecule has 0 saturated heterocycles. The molecule has 0 aliphatic heterocycles. The third-order valence-electron chi connectivity index (χ3n) is 2.91. The van der Waals surface area contributed by atoms with E-state index in [1.807, 2.05) is 19.1 Å². The number of benzene rings is 1. The quantitative estimate of drug-likeness (QED) is 0.366. The van der Waals surface area contributed by atoms with E-state index in [-0.39, 0.29) is 5.96 Å². The van der Waals surface area contributed by atoms with Gasteiger partial charge in [-0.3, -0.25) is 0 Å². The van der Waals surface area contributed by atoms with Crippen LogP contribution < -0.4 is 21.5 Å². The van der Waals surface area contributed by atoms with Gasteiger partial charge in [0.25, 0.3) is 5.96 Å². The molecular weight excluding hydrogens is 252 g/mol. The molecule has 0 atom stereocenters. The Labute approximate surface area is 119 Å². The summed E-state index contributed by atoms with van der Waals surface area (Å²) in [7, 11) is 0. The largest absolute Gasteiger partial charge is 0.371 e. The molecular formula is C14H21N6+. The summed E-state index contributed by atoms with van der Waals surface area (Å²) in [5.74, 6) is -0.0100. The first-order valence-electron chi connectivity index (χ1n) is 6.48. The van der Waals surface area contributed by atoms with Crippen molar-refractivity contribution in [3.05, 3.63) is 29.3 Å². The predicted octanol–water partition coefficient (Wildman–Crippen LogP) is -0.577. The van der Waals surface area contributed by atoms with E-state index >= 15 is 0 Å². The Morgan fingerprint density at radius 1 is 1.50 bits per heavy atom. The lowest BCUT2D eigenvalue weighted by Crippen LogP contribution is -2.63. The number of hydrogen-bond acceptors (Lipinski definition) is 3. The number of nitrogens with one attached hydrogen (secondary N) is 1. The summed E-state index contributed by atoms with van der Waals surface area (Å²) in [6, 6.07) is 8.28. The zero-order valence-electron chi connectivity index (χ0n) is 11.9. The van der Waals surface area contributed by atoms with Gasteiger partial charge in [-0.1, -0.05) is 0 Å². The lowest BCUT2D eigenvalue weighted by atomic mass is 10.1. The van der Waals surface area contributed by atoms with E-state index in [0.717, 1.165) is 29.9 Å². The summed E-state index contributed by atoms with van der Waals surface area (Å²) in [5, 5.41) is 15.1. The Balaban J connectivity index is 2.89. The van der Waals surface area contributed by atoms with Crippen molar-refractivity contribution in [3.8, 4) is 6.07 Å². The topological polar surface area (TPSA) is 105 Å². The van der Waals surface area contributed by atoms with Gasteiger partial charge in [-0.2, -0.15) is 5.26 Å². The molecule has 0 fully saturated rings. The maximum absolute atomic E-state index is 8.68. The second-order valence-electron chi connectivity index (χ2n) is 4.34. The van der Waals surface area contributed by atoms with Gasteiger partial charge in [-0.15, -0.1) is 5.10 Å². The van der Waals surface area contributed by atoms with Gasteiger partial charge in [0.05, 0.1) is 12.5 Å². The standard InChI is InChI=1S/C14H20N6/c1-3-20(8-4-7-15)13-6-5-12(11(2)9-13)10-18-19-14(16)17/h5-6,9-10H,3-4,8H2,1-2H3,(H4,16,17,19)/p+1/b18-10+. The second-order valence-corrected chi connectivity index (χ2v) is 4.34. The van der Waals surface area contributed by atoms with Crippen LogP contribution in [0.5, 0.6) is 0 Å². The van der Waals surface area contributed by atoms with Crippen molar-refractivity contribution in [1.82, 2.24) is 0 Å². The minimum Gasteiger partial charge on any atom is -0.371 e. The fourth-order valence-electron chi connectivity index (χ4n) is 1.85. The number of nitriles is 1. The lowest BCUT2D eigenvalue weighted by Gasteiger charge is -2.22. The zero-order chi connectivity index (χ0) is 15.0. The van der Waals surface area contributed by atoms with E-state index < -0.39 is 0 Å². The number of aryl methyl sites for hydroxylation is 1. The van der Waals surface area contributed by atoms with E-state index in [1.165, 1.54) is 0 Å². The summed E-state index contributed by atoms with van der Waals surface area (Å²) in [6.45, 7) is 5.70. The maximum Gasteiger partial charge on any atom is 0.256 e. The zero-order valence-corrected chi connectivity index (χ0v) is 11.9. The van der Waals surface area contributed by atoms with Crippen LogP contribution in [0.25, 0.3) is 0 Å². The number of rotatable bonds is 6. The SMILES string of the molecule is CCN(CCC#N)c1ccc(/C=[NH+]/N=C(N)N)c(C)c1. The van der Waals surface area contributed by atoms with Gasteiger partial charge in [0.15, 0.2) is 0 Å². The molecule has 0 aliphatic rings. The Morgan fingerprint density at radius 2 is 2.25 bits per heavy atom. The van der Waals surface area contributed by atoms with Crippen LogP contribution in [0.1, 0.15) is 24.5 Å². The molecule has 0 aromatic heterocycles. The second kappa shape index (κ2) is 7.79. The van der Waals surface area contributed by atoms with E-state index in [9.17, 15) is 0 Å². The molecule has 0 amide bonds. The first-order valence-corrected chi connectivity index (χ1v) is 6.48. The molecule has 0 spiro atoms. The number of hydrazone groups is 1. The minimum absolute atomic E-state index is 0.0100. The number of nitrogens with zero attached hydrogens (tertiary/aromatic N) is 3. The number of guanidine groups is 1. The Morgan fingerprint density at radius 3 is 2.80 bits per heavy atom.